The predicted molar refractivity (Wildman–Crippen MR) is 90.1 cm³/mol. The van der Waals surface area contributed by atoms with E-state index in [9.17, 15) is 26.7 Å². The van der Waals surface area contributed by atoms with Gasteiger partial charge < -0.3 is 5.32 Å². The van der Waals surface area contributed by atoms with Gasteiger partial charge in [0.05, 0.1) is 16.5 Å². The summed E-state index contributed by atoms with van der Waals surface area (Å²) in [6.07, 6.45) is -2.37. The Morgan fingerprint density at radius 2 is 1.75 bits per heavy atom. The molecule has 154 valence electrons. The second-order valence-corrected chi connectivity index (χ2v) is 9.40. The maximum absolute atomic E-state index is 13.4. The summed E-state index contributed by atoms with van der Waals surface area (Å²) in [6.45, 7) is 0. The van der Waals surface area contributed by atoms with Gasteiger partial charge in [-0.05, 0) is 38.0 Å². The SMILES string of the molecule is Cn1nc(C2CC(F)(F)C2)c(C2CCC2)c1NC(=O)C12CC(C(F)(F)F)(C1)C2. The Balaban J connectivity index is 1.37. The first-order valence-corrected chi connectivity index (χ1v) is 9.78. The van der Waals surface area contributed by atoms with Crippen LogP contribution in [0.4, 0.5) is 27.8 Å². The molecular weight excluding hydrogens is 381 g/mol. The fourth-order valence-electron chi connectivity index (χ4n) is 5.53. The molecule has 4 nitrogen and oxygen atoms in total. The number of anilines is 1. The summed E-state index contributed by atoms with van der Waals surface area (Å²) in [5.41, 5.74) is -1.19. The minimum Gasteiger partial charge on any atom is -0.310 e. The topological polar surface area (TPSA) is 46.9 Å². The molecule has 1 N–H and O–H groups in total. The number of halogens is 5. The summed E-state index contributed by atoms with van der Waals surface area (Å²) >= 11 is 0. The minimum absolute atomic E-state index is 0.159. The Morgan fingerprint density at radius 3 is 2.21 bits per heavy atom. The van der Waals surface area contributed by atoms with Gasteiger partial charge in [-0.25, -0.2) is 8.78 Å². The van der Waals surface area contributed by atoms with Crippen LogP contribution in [-0.2, 0) is 11.8 Å². The molecule has 0 radical (unpaired) electrons. The summed E-state index contributed by atoms with van der Waals surface area (Å²) in [6, 6.07) is 0. The third-order valence-corrected chi connectivity index (χ3v) is 7.45. The number of nitrogens with zero attached hydrogens (tertiary/aromatic N) is 2. The number of rotatable bonds is 4. The number of carbonyl (C=O) groups excluding carboxylic acids is 1. The average Bonchev–Trinajstić information content (AvgIpc) is 2.67. The molecule has 2 bridgehead atoms. The molecule has 1 aromatic heterocycles. The Bertz CT molecular complexity index is 827. The van der Waals surface area contributed by atoms with E-state index in [1.54, 1.807) is 7.05 Å². The molecule has 0 unspecified atom stereocenters. The number of hydrogen-bond acceptors (Lipinski definition) is 2. The standard InChI is InChI=1S/C19H22F5N3O/c1-27-14(25-15(28)16-7-17(8-16,9-16)19(22,23)24)12(10-3-2-4-10)13(26-27)11-5-18(20,21)6-11/h10-11H,2-9H2,1H3,(H,25,28). The van der Waals surface area contributed by atoms with E-state index in [0.29, 0.717) is 11.5 Å². The Morgan fingerprint density at radius 1 is 1.14 bits per heavy atom. The third-order valence-electron chi connectivity index (χ3n) is 7.45. The number of aryl methyl sites for hydroxylation is 1. The lowest BCUT2D eigenvalue weighted by atomic mass is 9.34. The van der Waals surface area contributed by atoms with E-state index >= 15 is 0 Å². The molecule has 0 aliphatic heterocycles. The molecule has 9 heteroatoms. The Kier molecular flexibility index (Phi) is 3.46. The normalized spacial score (nSPS) is 34.1. The highest BCUT2D eigenvalue weighted by molar-refractivity contribution is 5.98. The maximum atomic E-state index is 13.4. The van der Waals surface area contributed by atoms with Crippen LogP contribution in [0.2, 0.25) is 0 Å². The summed E-state index contributed by atoms with van der Waals surface area (Å²) in [7, 11) is 1.65. The van der Waals surface area contributed by atoms with Crippen LogP contribution in [0, 0.1) is 10.8 Å². The van der Waals surface area contributed by atoms with Gasteiger partial charge in [0.15, 0.2) is 0 Å². The monoisotopic (exact) mass is 403 g/mol. The number of amides is 1. The third kappa shape index (κ3) is 2.33. The molecule has 1 amide bonds. The molecule has 1 aromatic rings. The molecule has 5 aliphatic rings. The van der Waals surface area contributed by atoms with Crippen molar-refractivity contribution in [3.05, 3.63) is 11.3 Å². The lowest BCUT2D eigenvalue weighted by Gasteiger charge is -2.68. The fourth-order valence-corrected chi connectivity index (χ4v) is 5.53. The fraction of sp³-hybridized carbons (Fsp3) is 0.789. The first-order chi connectivity index (χ1) is 13.0. The molecule has 5 fully saturated rings. The number of carbonyl (C=O) groups is 1. The van der Waals surface area contributed by atoms with Gasteiger partial charge in [-0.15, -0.1) is 0 Å². The van der Waals surface area contributed by atoms with Gasteiger partial charge >= 0.3 is 6.18 Å². The first-order valence-electron chi connectivity index (χ1n) is 9.78. The van der Waals surface area contributed by atoms with Gasteiger partial charge in [-0.3, -0.25) is 9.48 Å². The van der Waals surface area contributed by atoms with E-state index in [1.807, 2.05) is 0 Å². The second kappa shape index (κ2) is 5.27. The smallest absolute Gasteiger partial charge is 0.310 e. The van der Waals surface area contributed by atoms with Crippen LogP contribution in [0.1, 0.15) is 74.5 Å². The van der Waals surface area contributed by atoms with Gasteiger partial charge in [0.25, 0.3) is 0 Å². The van der Waals surface area contributed by atoms with Crippen LogP contribution in [0.15, 0.2) is 0 Å². The molecule has 0 atom stereocenters. The number of alkyl halides is 5. The van der Waals surface area contributed by atoms with Crippen molar-refractivity contribution >= 4 is 11.7 Å². The number of nitrogens with one attached hydrogen (secondary N) is 1. The van der Waals surface area contributed by atoms with E-state index < -0.39 is 28.8 Å². The highest BCUT2D eigenvalue weighted by Gasteiger charge is 2.81. The van der Waals surface area contributed by atoms with Crippen LogP contribution in [0.25, 0.3) is 0 Å². The molecule has 5 saturated carbocycles. The maximum Gasteiger partial charge on any atom is 0.394 e. The van der Waals surface area contributed by atoms with Crippen molar-refractivity contribution in [2.24, 2.45) is 17.9 Å². The van der Waals surface area contributed by atoms with Crippen molar-refractivity contribution in [3.8, 4) is 0 Å². The summed E-state index contributed by atoms with van der Waals surface area (Å²) in [5, 5.41) is 7.26. The highest BCUT2D eigenvalue weighted by Crippen LogP contribution is 2.78. The van der Waals surface area contributed by atoms with Crippen molar-refractivity contribution in [2.75, 3.05) is 5.32 Å². The minimum atomic E-state index is -4.26. The van der Waals surface area contributed by atoms with E-state index in [4.69, 9.17) is 0 Å². The molecule has 5 aliphatic carbocycles. The van der Waals surface area contributed by atoms with E-state index in [-0.39, 0.29) is 43.9 Å². The van der Waals surface area contributed by atoms with Gasteiger partial charge in [0, 0.05) is 31.4 Å². The average molecular weight is 403 g/mol. The Labute approximate surface area is 158 Å². The molecule has 28 heavy (non-hydrogen) atoms. The lowest BCUT2D eigenvalue weighted by Crippen LogP contribution is -2.71. The molecule has 0 saturated heterocycles. The van der Waals surface area contributed by atoms with E-state index in [0.717, 1.165) is 24.8 Å². The van der Waals surface area contributed by atoms with E-state index in [1.165, 1.54) is 4.68 Å². The number of aromatic nitrogens is 2. The highest BCUT2D eigenvalue weighted by atomic mass is 19.4. The van der Waals surface area contributed by atoms with Crippen molar-refractivity contribution in [2.45, 2.75) is 75.3 Å². The lowest BCUT2D eigenvalue weighted by molar-refractivity contribution is -0.349. The zero-order valence-electron chi connectivity index (χ0n) is 15.5. The Hall–Kier alpha value is -1.67. The molecular formula is C19H22F5N3O. The van der Waals surface area contributed by atoms with Crippen LogP contribution in [0.5, 0.6) is 0 Å². The summed E-state index contributed by atoms with van der Waals surface area (Å²) < 4.78 is 67.4. The van der Waals surface area contributed by atoms with Crippen LogP contribution in [-0.4, -0.2) is 27.8 Å². The van der Waals surface area contributed by atoms with Gasteiger partial charge in [-0.2, -0.15) is 18.3 Å². The molecule has 1 heterocycles. The second-order valence-electron chi connectivity index (χ2n) is 9.40. The van der Waals surface area contributed by atoms with Crippen LogP contribution < -0.4 is 5.32 Å². The van der Waals surface area contributed by atoms with Gasteiger partial charge in [0.2, 0.25) is 11.8 Å². The van der Waals surface area contributed by atoms with Gasteiger partial charge in [0.1, 0.15) is 5.82 Å². The van der Waals surface area contributed by atoms with Crippen molar-refractivity contribution in [3.63, 3.8) is 0 Å². The first kappa shape index (κ1) is 18.4. The largest absolute Gasteiger partial charge is 0.394 e. The quantitative estimate of drug-likeness (QED) is 0.729. The van der Waals surface area contributed by atoms with E-state index in [2.05, 4.69) is 10.4 Å². The van der Waals surface area contributed by atoms with Crippen molar-refractivity contribution in [1.29, 1.82) is 0 Å². The molecule has 6 rings (SSSR count). The van der Waals surface area contributed by atoms with Crippen molar-refractivity contribution in [1.82, 2.24) is 9.78 Å². The van der Waals surface area contributed by atoms with Gasteiger partial charge in [-0.1, -0.05) is 6.42 Å². The predicted octanol–water partition coefficient (Wildman–Crippen LogP) is 4.87. The van der Waals surface area contributed by atoms with Crippen LogP contribution >= 0.6 is 0 Å². The molecule has 0 aromatic carbocycles. The zero-order valence-corrected chi connectivity index (χ0v) is 15.5. The number of hydrogen-bond donors (Lipinski definition) is 1. The summed E-state index contributed by atoms with van der Waals surface area (Å²) in [4.78, 5) is 12.8. The molecule has 0 spiro atoms. The summed E-state index contributed by atoms with van der Waals surface area (Å²) in [5.74, 6) is -2.74. The van der Waals surface area contributed by atoms with Crippen LogP contribution in [0.3, 0.4) is 0 Å². The zero-order chi connectivity index (χ0) is 20.1. The van der Waals surface area contributed by atoms with Crippen molar-refractivity contribution < 1.29 is 26.7 Å².